The SMILES string of the molecule is CCCC1C(C(=O)OC)=C(C)NC(C)=C1C(=O)OC. The maximum absolute atomic E-state index is 11.9. The molecule has 1 aliphatic heterocycles. The summed E-state index contributed by atoms with van der Waals surface area (Å²) < 4.78 is 9.64. The number of carbonyl (C=O) groups excluding carboxylic acids is 2. The number of nitrogens with one attached hydrogen (secondary N) is 1. The summed E-state index contributed by atoms with van der Waals surface area (Å²) in [6.07, 6.45) is 1.55. The molecule has 0 aromatic rings. The summed E-state index contributed by atoms with van der Waals surface area (Å²) in [5, 5.41) is 3.06. The van der Waals surface area contributed by atoms with Crippen LogP contribution in [0.15, 0.2) is 22.5 Å². The quantitative estimate of drug-likeness (QED) is 0.788. The Labute approximate surface area is 113 Å². The molecular weight excluding hydrogens is 246 g/mol. The van der Waals surface area contributed by atoms with E-state index in [1.165, 1.54) is 14.2 Å². The van der Waals surface area contributed by atoms with Crippen LogP contribution in [0.1, 0.15) is 33.6 Å². The Morgan fingerprint density at radius 3 is 1.79 bits per heavy atom. The van der Waals surface area contributed by atoms with Crippen molar-refractivity contribution >= 4 is 11.9 Å². The summed E-state index contributed by atoms with van der Waals surface area (Å²) in [5.74, 6) is -1.08. The van der Waals surface area contributed by atoms with Crippen molar-refractivity contribution in [2.45, 2.75) is 33.6 Å². The molecule has 0 aliphatic carbocycles. The van der Waals surface area contributed by atoms with E-state index in [0.717, 1.165) is 17.8 Å². The number of ether oxygens (including phenoxy) is 2. The summed E-state index contributed by atoms with van der Waals surface area (Å²) >= 11 is 0. The maximum Gasteiger partial charge on any atom is 0.336 e. The topological polar surface area (TPSA) is 64.6 Å². The van der Waals surface area contributed by atoms with Crippen molar-refractivity contribution in [1.29, 1.82) is 0 Å². The van der Waals surface area contributed by atoms with Gasteiger partial charge in [0.25, 0.3) is 0 Å². The van der Waals surface area contributed by atoms with Gasteiger partial charge >= 0.3 is 11.9 Å². The summed E-state index contributed by atoms with van der Waals surface area (Å²) in [7, 11) is 2.68. The van der Waals surface area contributed by atoms with E-state index >= 15 is 0 Å². The van der Waals surface area contributed by atoms with E-state index in [-0.39, 0.29) is 5.92 Å². The summed E-state index contributed by atoms with van der Waals surface area (Å²) in [6.45, 7) is 5.63. The molecule has 0 bridgehead atoms. The molecule has 0 saturated carbocycles. The van der Waals surface area contributed by atoms with Gasteiger partial charge in [0.15, 0.2) is 0 Å². The standard InChI is InChI=1S/C14H21NO4/c1-6-7-10-11(13(16)18-4)8(2)15-9(3)12(10)14(17)19-5/h10,15H,6-7H2,1-5H3. The van der Waals surface area contributed by atoms with Gasteiger partial charge in [-0.2, -0.15) is 0 Å². The van der Waals surface area contributed by atoms with Crippen molar-refractivity contribution in [3.8, 4) is 0 Å². The van der Waals surface area contributed by atoms with Gasteiger partial charge in [-0.3, -0.25) is 0 Å². The van der Waals surface area contributed by atoms with E-state index in [1.54, 1.807) is 0 Å². The Hall–Kier alpha value is -1.78. The van der Waals surface area contributed by atoms with Crippen molar-refractivity contribution in [1.82, 2.24) is 5.32 Å². The second-order valence-electron chi connectivity index (χ2n) is 4.53. The lowest BCUT2D eigenvalue weighted by Gasteiger charge is -2.29. The number of dihydropyridines is 1. The minimum absolute atomic E-state index is 0.272. The van der Waals surface area contributed by atoms with Gasteiger partial charge < -0.3 is 14.8 Å². The second kappa shape index (κ2) is 6.41. The zero-order valence-corrected chi connectivity index (χ0v) is 12.1. The van der Waals surface area contributed by atoms with Gasteiger partial charge in [0, 0.05) is 17.3 Å². The molecule has 1 rings (SSSR count). The Balaban J connectivity index is 3.28. The number of methoxy groups -OCH3 is 2. The monoisotopic (exact) mass is 267 g/mol. The number of esters is 2. The molecule has 0 radical (unpaired) electrons. The first-order valence-corrected chi connectivity index (χ1v) is 6.33. The van der Waals surface area contributed by atoms with Crippen LogP contribution in [0.3, 0.4) is 0 Å². The number of hydrogen-bond acceptors (Lipinski definition) is 5. The molecule has 5 nitrogen and oxygen atoms in total. The van der Waals surface area contributed by atoms with Crippen LogP contribution in [0.4, 0.5) is 0 Å². The number of carbonyl (C=O) groups is 2. The normalized spacial score (nSPS) is 16.3. The van der Waals surface area contributed by atoms with Crippen LogP contribution in [-0.4, -0.2) is 26.2 Å². The van der Waals surface area contributed by atoms with E-state index in [1.807, 2.05) is 20.8 Å². The first kappa shape index (κ1) is 15.3. The van der Waals surface area contributed by atoms with E-state index in [0.29, 0.717) is 17.6 Å². The minimum Gasteiger partial charge on any atom is -0.466 e. The van der Waals surface area contributed by atoms with Crippen molar-refractivity contribution in [3.05, 3.63) is 22.5 Å². The number of rotatable bonds is 4. The highest BCUT2D eigenvalue weighted by Gasteiger charge is 2.35. The van der Waals surface area contributed by atoms with Crippen LogP contribution in [0.2, 0.25) is 0 Å². The van der Waals surface area contributed by atoms with Gasteiger partial charge in [-0.25, -0.2) is 9.59 Å². The minimum atomic E-state index is -0.405. The zero-order chi connectivity index (χ0) is 14.6. The molecule has 1 N–H and O–H groups in total. The molecule has 0 atom stereocenters. The predicted octanol–water partition coefficient (Wildman–Crippen LogP) is 1.90. The first-order valence-electron chi connectivity index (χ1n) is 6.33. The van der Waals surface area contributed by atoms with Crippen molar-refractivity contribution < 1.29 is 19.1 Å². The van der Waals surface area contributed by atoms with Crippen LogP contribution < -0.4 is 5.32 Å². The van der Waals surface area contributed by atoms with Crippen molar-refractivity contribution in [2.24, 2.45) is 5.92 Å². The molecule has 5 heteroatoms. The lowest BCUT2D eigenvalue weighted by atomic mass is 9.82. The highest BCUT2D eigenvalue weighted by Crippen LogP contribution is 2.34. The lowest BCUT2D eigenvalue weighted by Crippen LogP contribution is -2.33. The average molecular weight is 267 g/mol. The predicted molar refractivity (Wildman–Crippen MR) is 71.0 cm³/mol. The van der Waals surface area contributed by atoms with E-state index in [9.17, 15) is 9.59 Å². The van der Waals surface area contributed by atoms with Crippen molar-refractivity contribution in [2.75, 3.05) is 14.2 Å². The molecule has 106 valence electrons. The molecule has 19 heavy (non-hydrogen) atoms. The molecule has 0 saturated heterocycles. The summed E-state index contributed by atoms with van der Waals surface area (Å²) in [4.78, 5) is 23.9. The summed E-state index contributed by atoms with van der Waals surface area (Å²) in [6, 6.07) is 0. The Bertz CT molecular complexity index is 410. The molecule has 1 aliphatic rings. The van der Waals surface area contributed by atoms with Gasteiger partial charge in [-0.1, -0.05) is 13.3 Å². The van der Waals surface area contributed by atoms with Gasteiger partial charge in [-0.15, -0.1) is 0 Å². The zero-order valence-electron chi connectivity index (χ0n) is 12.1. The van der Waals surface area contributed by atoms with Crippen LogP contribution in [0.5, 0.6) is 0 Å². The third kappa shape index (κ3) is 2.97. The third-order valence-electron chi connectivity index (χ3n) is 3.27. The number of allylic oxidation sites excluding steroid dienone is 2. The highest BCUT2D eigenvalue weighted by atomic mass is 16.5. The van der Waals surface area contributed by atoms with Gasteiger partial charge in [0.1, 0.15) is 0 Å². The molecule has 0 spiro atoms. The summed E-state index contributed by atoms with van der Waals surface area (Å²) in [5.41, 5.74) is 2.48. The Morgan fingerprint density at radius 1 is 1.05 bits per heavy atom. The fraction of sp³-hybridized carbons (Fsp3) is 0.571. The van der Waals surface area contributed by atoms with Crippen LogP contribution in [-0.2, 0) is 19.1 Å². The molecule has 1 heterocycles. The molecular formula is C14H21NO4. The maximum atomic E-state index is 11.9. The van der Waals surface area contributed by atoms with Gasteiger partial charge in [-0.05, 0) is 20.3 Å². The molecule has 0 aromatic heterocycles. The fourth-order valence-corrected chi connectivity index (χ4v) is 2.47. The second-order valence-corrected chi connectivity index (χ2v) is 4.53. The van der Waals surface area contributed by atoms with E-state index < -0.39 is 11.9 Å². The first-order chi connectivity index (χ1) is 8.97. The molecule has 0 amide bonds. The van der Waals surface area contributed by atoms with E-state index in [4.69, 9.17) is 9.47 Å². The Morgan fingerprint density at radius 2 is 1.47 bits per heavy atom. The van der Waals surface area contributed by atoms with Gasteiger partial charge in [0.05, 0.1) is 25.4 Å². The number of hydrogen-bond donors (Lipinski definition) is 1. The lowest BCUT2D eigenvalue weighted by molar-refractivity contribution is -0.137. The highest BCUT2D eigenvalue weighted by molar-refractivity contribution is 5.97. The van der Waals surface area contributed by atoms with Crippen molar-refractivity contribution in [3.63, 3.8) is 0 Å². The molecule has 0 fully saturated rings. The fourth-order valence-electron chi connectivity index (χ4n) is 2.47. The van der Waals surface area contributed by atoms with Crippen LogP contribution >= 0.6 is 0 Å². The molecule has 0 unspecified atom stereocenters. The van der Waals surface area contributed by atoms with Gasteiger partial charge in [0.2, 0.25) is 0 Å². The third-order valence-corrected chi connectivity index (χ3v) is 3.27. The van der Waals surface area contributed by atoms with E-state index in [2.05, 4.69) is 5.32 Å². The smallest absolute Gasteiger partial charge is 0.336 e. The largest absolute Gasteiger partial charge is 0.466 e. The Kier molecular flexibility index (Phi) is 5.15. The average Bonchev–Trinajstić information content (AvgIpc) is 2.37. The molecule has 0 aromatic carbocycles. The van der Waals surface area contributed by atoms with Crippen LogP contribution in [0, 0.1) is 5.92 Å². The van der Waals surface area contributed by atoms with Crippen LogP contribution in [0.25, 0.3) is 0 Å².